The average Bonchev–Trinajstić information content (AvgIpc) is 3.41. The largest absolute Gasteiger partial charge is 0.410 e. The van der Waals surface area contributed by atoms with Crippen LogP contribution < -0.4 is 4.90 Å². The van der Waals surface area contributed by atoms with E-state index in [4.69, 9.17) is 0 Å². The number of aryl methyl sites for hydroxylation is 3. The molecular weight excluding hydrogens is 449 g/mol. The summed E-state index contributed by atoms with van der Waals surface area (Å²) in [5.74, 6) is -0.405. The van der Waals surface area contributed by atoms with Gasteiger partial charge in [0.15, 0.2) is 17.4 Å². The lowest BCUT2D eigenvalue weighted by Crippen LogP contribution is -2.48. The second kappa shape index (κ2) is 7.40. The van der Waals surface area contributed by atoms with E-state index in [1.54, 1.807) is 41.4 Å². The minimum atomic E-state index is -4.47. The first kappa shape index (κ1) is 22.1. The highest BCUT2D eigenvalue weighted by atomic mass is 19.4. The molecule has 2 atom stereocenters. The van der Waals surface area contributed by atoms with Crippen LogP contribution in [0.4, 0.5) is 19.0 Å². The summed E-state index contributed by atoms with van der Waals surface area (Å²) in [6.45, 7) is 7.03. The summed E-state index contributed by atoms with van der Waals surface area (Å²) in [5.41, 5.74) is 4.26. The molecule has 0 spiro atoms. The van der Waals surface area contributed by atoms with Crippen LogP contribution in [-0.2, 0) is 7.05 Å². The molecule has 0 N–H and O–H groups in total. The summed E-state index contributed by atoms with van der Waals surface area (Å²) < 4.78 is 45.2. The van der Waals surface area contributed by atoms with E-state index < -0.39 is 24.2 Å². The van der Waals surface area contributed by atoms with Crippen LogP contribution in [0.25, 0.3) is 16.9 Å². The van der Waals surface area contributed by atoms with Gasteiger partial charge in [-0.1, -0.05) is 0 Å². The second-order valence-electron chi connectivity index (χ2n) is 8.70. The van der Waals surface area contributed by atoms with Gasteiger partial charge in [-0.3, -0.25) is 14.4 Å². The number of carbonyl (C=O) groups excluding carboxylic acids is 1. The smallest absolute Gasteiger partial charge is 0.289 e. The van der Waals surface area contributed by atoms with Crippen molar-refractivity contribution in [2.75, 3.05) is 4.90 Å². The lowest BCUT2D eigenvalue weighted by atomic mass is 10.0. The van der Waals surface area contributed by atoms with Gasteiger partial charge in [-0.15, -0.1) is 0 Å². The number of aromatic nitrogens is 7. The van der Waals surface area contributed by atoms with E-state index in [2.05, 4.69) is 20.3 Å². The Morgan fingerprint density at radius 2 is 1.85 bits per heavy atom. The molecule has 1 aliphatic heterocycles. The van der Waals surface area contributed by atoms with Gasteiger partial charge in [0.2, 0.25) is 0 Å². The Kier molecular flexibility index (Phi) is 4.81. The van der Waals surface area contributed by atoms with Crippen LogP contribution in [0.3, 0.4) is 0 Å². The van der Waals surface area contributed by atoms with Crippen molar-refractivity contribution in [3.63, 3.8) is 0 Å². The van der Waals surface area contributed by atoms with Gasteiger partial charge in [-0.2, -0.15) is 28.5 Å². The molecule has 2 unspecified atom stereocenters. The number of alkyl halides is 3. The highest BCUT2D eigenvalue weighted by molar-refractivity contribution is 6.05. The van der Waals surface area contributed by atoms with Gasteiger partial charge in [0, 0.05) is 42.7 Å². The van der Waals surface area contributed by atoms with Gasteiger partial charge < -0.3 is 0 Å². The van der Waals surface area contributed by atoms with Crippen molar-refractivity contribution in [2.24, 2.45) is 7.05 Å². The number of hydrogen-bond donors (Lipinski definition) is 0. The number of hydrogen-bond acceptors (Lipinski definition) is 5. The Labute approximate surface area is 192 Å². The van der Waals surface area contributed by atoms with Crippen molar-refractivity contribution in [2.45, 2.75) is 52.4 Å². The van der Waals surface area contributed by atoms with Crippen LogP contribution in [0.2, 0.25) is 0 Å². The molecule has 4 aromatic rings. The number of rotatable bonds is 2. The summed E-state index contributed by atoms with van der Waals surface area (Å²) in [4.78, 5) is 19.2. The maximum absolute atomic E-state index is 13.7. The summed E-state index contributed by atoms with van der Waals surface area (Å²) >= 11 is 0. The molecule has 1 aliphatic rings. The fraction of sp³-hybridized carbons (Fsp3) is 0.409. The zero-order valence-electron chi connectivity index (χ0n) is 19.3. The number of anilines is 1. The Morgan fingerprint density at radius 3 is 2.50 bits per heavy atom. The molecule has 0 saturated carbocycles. The lowest BCUT2D eigenvalue weighted by Gasteiger charge is -2.38. The van der Waals surface area contributed by atoms with Crippen LogP contribution in [0.5, 0.6) is 0 Å². The molecule has 1 amide bonds. The van der Waals surface area contributed by atoms with Crippen molar-refractivity contribution >= 4 is 17.4 Å². The summed E-state index contributed by atoms with van der Waals surface area (Å²) in [5, 5.41) is 13.0. The maximum atomic E-state index is 13.7. The second-order valence-corrected chi connectivity index (χ2v) is 8.70. The van der Waals surface area contributed by atoms with Gasteiger partial charge in [0.25, 0.3) is 5.91 Å². The molecular formula is C22H23F3N8O. The molecule has 0 bridgehead atoms. The van der Waals surface area contributed by atoms with E-state index in [-0.39, 0.29) is 17.9 Å². The summed E-state index contributed by atoms with van der Waals surface area (Å²) in [6.07, 6.45) is -3.14. The molecule has 0 aliphatic carbocycles. The number of nitrogens with zero attached hydrogens (tertiary/aromatic N) is 8. The molecule has 4 aromatic heterocycles. The van der Waals surface area contributed by atoms with E-state index in [0.717, 1.165) is 27.3 Å². The van der Waals surface area contributed by atoms with E-state index in [1.165, 1.54) is 11.0 Å². The first-order valence-electron chi connectivity index (χ1n) is 10.8. The van der Waals surface area contributed by atoms with Crippen LogP contribution in [-0.4, -0.2) is 52.3 Å². The van der Waals surface area contributed by atoms with Gasteiger partial charge in [0.1, 0.15) is 5.82 Å². The maximum Gasteiger partial charge on any atom is 0.410 e. The molecule has 0 saturated heterocycles. The molecule has 9 nitrogen and oxygen atoms in total. The van der Waals surface area contributed by atoms with Gasteiger partial charge in [-0.05, 0) is 40.2 Å². The standard InChI is InChI=1S/C22H23F3N8O/c1-11-8-19-31(12(2)9-17(22(23,24)25)33(19)27-11)21(34)15-10-18-26-7-6-16(32(18)29-15)20-13(3)28-30(5)14(20)4/h6-8,10,12,17H,9H2,1-5H3. The first-order chi connectivity index (χ1) is 16.0. The van der Waals surface area contributed by atoms with Crippen molar-refractivity contribution in [3.8, 4) is 11.3 Å². The predicted molar refractivity (Wildman–Crippen MR) is 118 cm³/mol. The van der Waals surface area contributed by atoms with Gasteiger partial charge in [-0.25, -0.2) is 14.2 Å². The molecule has 12 heteroatoms. The Morgan fingerprint density at radius 1 is 1.12 bits per heavy atom. The van der Waals surface area contributed by atoms with Gasteiger partial charge >= 0.3 is 6.18 Å². The van der Waals surface area contributed by atoms with Crippen molar-refractivity contribution in [1.82, 2.24) is 34.2 Å². The molecule has 5 rings (SSSR count). The zero-order chi connectivity index (χ0) is 24.5. The Hall–Kier alpha value is -3.70. The van der Waals surface area contributed by atoms with E-state index in [0.29, 0.717) is 11.3 Å². The highest BCUT2D eigenvalue weighted by Crippen LogP contribution is 2.42. The first-order valence-corrected chi connectivity index (χ1v) is 10.8. The minimum Gasteiger partial charge on any atom is -0.289 e. The predicted octanol–water partition coefficient (Wildman–Crippen LogP) is 3.79. The van der Waals surface area contributed by atoms with Crippen LogP contribution in [0.1, 0.15) is 47.0 Å². The van der Waals surface area contributed by atoms with Crippen molar-refractivity contribution in [3.05, 3.63) is 47.2 Å². The molecule has 5 heterocycles. The fourth-order valence-corrected chi connectivity index (χ4v) is 4.70. The summed E-state index contributed by atoms with van der Waals surface area (Å²) in [7, 11) is 1.85. The summed E-state index contributed by atoms with van der Waals surface area (Å²) in [6, 6.07) is 2.34. The average molecular weight is 472 g/mol. The van der Waals surface area contributed by atoms with Gasteiger partial charge in [0.05, 0.1) is 17.1 Å². The van der Waals surface area contributed by atoms with E-state index in [1.807, 2.05) is 20.9 Å². The Bertz CT molecular complexity index is 1430. The Balaban J connectivity index is 1.60. The number of carbonyl (C=O) groups is 1. The monoisotopic (exact) mass is 472 g/mol. The normalized spacial score (nSPS) is 18.5. The number of amides is 1. The molecule has 0 radical (unpaired) electrons. The van der Waals surface area contributed by atoms with Crippen molar-refractivity contribution in [1.29, 1.82) is 0 Å². The third kappa shape index (κ3) is 3.27. The van der Waals surface area contributed by atoms with Crippen LogP contribution in [0.15, 0.2) is 24.4 Å². The topological polar surface area (TPSA) is 86.1 Å². The highest BCUT2D eigenvalue weighted by Gasteiger charge is 2.48. The SMILES string of the molecule is Cc1cc2n(n1)C(C(F)(F)F)CC(C)N2C(=O)c1cc2nccc(-c3c(C)nn(C)c3C)n2n1. The minimum absolute atomic E-state index is 0.0851. The molecule has 34 heavy (non-hydrogen) atoms. The van der Waals surface area contributed by atoms with E-state index in [9.17, 15) is 18.0 Å². The third-order valence-corrected chi connectivity index (χ3v) is 6.32. The molecule has 0 aromatic carbocycles. The van der Waals surface area contributed by atoms with Crippen LogP contribution in [0, 0.1) is 20.8 Å². The number of fused-ring (bicyclic) bond motifs is 2. The fourth-order valence-electron chi connectivity index (χ4n) is 4.70. The third-order valence-electron chi connectivity index (χ3n) is 6.32. The molecule has 178 valence electrons. The zero-order valence-corrected chi connectivity index (χ0v) is 19.3. The molecule has 0 fully saturated rings. The lowest BCUT2D eigenvalue weighted by molar-refractivity contribution is -0.174. The van der Waals surface area contributed by atoms with Crippen LogP contribution >= 0.6 is 0 Å². The van der Waals surface area contributed by atoms with E-state index >= 15 is 0 Å². The number of halogens is 3. The van der Waals surface area contributed by atoms with Crippen molar-refractivity contribution < 1.29 is 18.0 Å². The quantitative estimate of drug-likeness (QED) is 0.443.